The number of anilines is 2. The summed E-state index contributed by atoms with van der Waals surface area (Å²) in [5, 5.41) is 5.14. The van der Waals surface area contributed by atoms with E-state index in [0.29, 0.717) is 11.6 Å². The first-order valence-corrected chi connectivity index (χ1v) is 7.60. The molecule has 23 heavy (non-hydrogen) atoms. The Kier molecular flexibility index (Phi) is 5.69. The number of nitrogens with one attached hydrogen (secondary N) is 1. The smallest absolute Gasteiger partial charge is 0.119 e. The maximum absolute atomic E-state index is 6.12. The Balaban J connectivity index is 0.00000192. The Morgan fingerprint density at radius 3 is 2.52 bits per heavy atom. The molecule has 0 amide bonds. The second-order valence-corrected chi connectivity index (χ2v) is 5.49. The molecule has 1 N–H and O–H groups in total. The summed E-state index contributed by atoms with van der Waals surface area (Å²) in [4.78, 5) is 4.54. The third-order valence-corrected chi connectivity index (χ3v) is 3.58. The summed E-state index contributed by atoms with van der Waals surface area (Å²) in [6.45, 7) is 4.62. The molecule has 3 rings (SSSR count). The van der Waals surface area contributed by atoms with Crippen LogP contribution in [-0.2, 0) is 0 Å². The molecule has 0 radical (unpaired) electrons. The van der Waals surface area contributed by atoms with Crippen LogP contribution in [0.25, 0.3) is 10.9 Å². The van der Waals surface area contributed by atoms with Crippen LogP contribution in [0.2, 0.25) is 5.02 Å². The fraction of sp³-hybridized carbons (Fsp3) is 0.167. The van der Waals surface area contributed by atoms with Crippen molar-refractivity contribution in [3.63, 3.8) is 0 Å². The Hall–Kier alpha value is -1.97. The van der Waals surface area contributed by atoms with Crippen LogP contribution < -0.4 is 22.5 Å². The van der Waals surface area contributed by atoms with Crippen molar-refractivity contribution < 1.29 is 17.1 Å². The van der Waals surface area contributed by atoms with Crippen molar-refractivity contribution in [3.05, 3.63) is 59.2 Å². The van der Waals surface area contributed by atoms with Crippen LogP contribution in [0.4, 0.5) is 11.4 Å². The Morgan fingerprint density at radius 1 is 1.09 bits per heavy atom. The van der Waals surface area contributed by atoms with Gasteiger partial charge in [-0.25, -0.2) is 0 Å². The topological polar surface area (TPSA) is 34.1 Å². The molecule has 0 bridgehead atoms. The Bertz CT molecular complexity index is 804. The van der Waals surface area contributed by atoms with E-state index in [1.54, 1.807) is 0 Å². The quantitative estimate of drug-likeness (QED) is 0.786. The highest BCUT2D eigenvalue weighted by molar-refractivity contribution is 6.31. The second kappa shape index (κ2) is 7.53. The summed E-state index contributed by atoms with van der Waals surface area (Å²) in [7, 11) is 0. The van der Waals surface area contributed by atoms with Gasteiger partial charge in [0.2, 0.25) is 0 Å². The molecule has 0 fully saturated rings. The molecule has 0 unspecified atom stereocenters. The van der Waals surface area contributed by atoms with E-state index in [2.05, 4.69) is 10.3 Å². The minimum Gasteiger partial charge on any atom is -1.00 e. The summed E-state index contributed by atoms with van der Waals surface area (Å²) in [5.41, 5.74) is 3.88. The number of rotatable bonds is 4. The standard InChI is InChI=1S/C18H17ClN2O.ClH/c1-3-22-15-7-5-14(6-8-15)21-18-10-12(2)20-17-9-4-13(19)11-16(17)18;/h4-11H,3H2,1-2H3,(H,20,21);1H/p-1. The van der Waals surface area contributed by atoms with Gasteiger partial charge in [0, 0.05) is 27.5 Å². The number of benzene rings is 2. The minimum absolute atomic E-state index is 0. The number of nitrogens with zero attached hydrogens (tertiary/aromatic N) is 1. The Labute approximate surface area is 147 Å². The molecule has 3 aromatic rings. The van der Waals surface area contributed by atoms with E-state index in [9.17, 15) is 0 Å². The number of hydrogen-bond donors (Lipinski definition) is 1. The van der Waals surface area contributed by atoms with E-state index in [-0.39, 0.29) is 12.4 Å². The predicted octanol–water partition coefficient (Wildman–Crippen LogP) is 2.34. The number of aryl methyl sites for hydroxylation is 1. The van der Waals surface area contributed by atoms with E-state index in [0.717, 1.165) is 33.7 Å². The van der Waals surface area contributed by atoms with Crippen molar-refractivity contribution in [1.82, 2.24) is 4.98 Å². The first kappa shape index (κ1) is 17.4. The summed E-state index contributed by atoms with van der Waals surface area (Å²) in [6.07, 6.45) is 0. The normalized spacial score (nSPS) is 10.2. The monoisotopic (exact) mass is 347 g/mol. The first-order chi connectivity index (χ1) is 10.7. The zero-order chi connectivity index (χ0) is 15.5. The molecular weight excluding hydrogens is 331 g/mol. The molecule has 120 valence electrons. The Morgan fingerprint density at radius 2 is 1.83 bits per heavy atom. The van der Waals surface area contributed by atoms with Crippen LogP contribution in [0.5, 0.6) is 5.75 Å². The third-order valence-electron chi connectivity index (χ3n) is 3.34. The van der Waals surface area contributed by atoms with Gasteiger partial charge in [0.15, 0.2) is 0 Å². The summed E-state index contributed by atoms with van der Waals surface area (Å²) in [6, 6.07) is 15.7. The maximum Gasteiger partial charge on any atom is 0.119 e. The van der Waals surface area contributed by atoms with E-state index in [1.165, 1.54) is 0 Å². The van der Waals surface area contributed by atoms with Crippen molar-refractivity contribution in [1.29, 1.82) is 0 Å². The molecule has 1 heterocycles. The molecule has 0 atom stereocenters. The van der Waals surface area contributed by atoms with Crippen LogP contribution in [0, 0.1) is 6.92 Å². The zero-order valence-corrected chi connectivity index (χ0v) is 14.4. The minimum atomic E-state index is 0. The van der Waals surface area contributed by atoms with Gasteiger partial charge in [0.05, 0.1) is 12.1 Å². The van der Waals surface area contributed by atoms with Gasteiger partial charge in [-0.05, 0) is 62.4 Å². The molecule has 0 aliphatic carbocycles. The van der Waals surface area contributed by atoms with Crippen molar-refractivity contribution in [2.75, 3.05) is 11.9 Å². The average Bonchev–Trinajstić information content (AvgIpc) is 2.50. The van der Waals surface area contributed by atoms with Crippen molar-refractivity contribution in [3.8, 4) is 5.75 Å². The molecule has 0 aliphatic rings. The summed E-state index contributed by atoms with van der Waals surface area (Å²) in [5.74, 6) is 0.867. The number of hydrogen-bond acceptors (Lipinski definition) is 3. The lowest BCUT2D eigenvalue weighted by Gasteiger charge is -2.12. The largest absolute Gasteiger partial charge is 1.00 e. The number of fused-ring (bicyclic) bond motifs is 1. The van der Waals surface area contributed by atoms with Crippen LogP contribution in [0.3, 0.4) is 0 Å². The van der Waals surface area contributed by atoms with E-state index in [1.807, 2.05) is 62.4 Å². The lowest BCUT2D eigenvalue weighted by molar-refractivity contribution is -0.00000500. The van der Waals surface area contributed by atoms with Gasteiger partial charge in [-0.3, -0.25) is 4.98 Å². The third kappa shape index (κ3) is 4.06. The van der Waals surface area contributed by atoms with Gasteiger partial charge in [0.25, 0.3) is 0 Å². The van der Waals surface area contributed by atoms with Crippen LogP contribution in [0.1, 0.15) is 12.6 Å². The van der Waals surface area contributed by atoms with Gasteiger partial charge in [0.1, 0.15) is 5.75 Å². The molecule has 0 saturated carbocycles. The van der Waals surface area contributed by atoms with Gasteiger partial charge in [-0.15, -0.1) is 0 Å². The fourth-order valence-electron chi connectivity index (χ4n) is 2.39. The highest BCUT2D eigenvalue weighted by Gasteiger charge is 2.06. The predicted molar refractivity (Wildman–Crippen MR) is 92.4 cm³/mol. The van der Waals surface area contributed by atoms with E-state index >= 15 is 0 Å². The van der Waals surface area contributed by atoms with Crippen molar-refractivity contribution in [2.45, 2.75) is 13.8 Å². The molecule has 0 aliphatic heterocycles. The van der Waals surface area contributed by atoms with Crippen LogP contribution >= 0.6 is 11.6 Å². The van der Waals surface area contributed by atoms with Gasteiger partial charge in [-0.1, -0.05) is 11.6 Å². The summed E-state index contributed by atoms with van der Waals surface area (Å²) >= 11 is 6.12. The molecule has 1 aromatic heterocycles. The number of ether oxygens (including phenoxy) is 1. The van der Waals surface area contributed by atoms with Crippen LogP contribution in [-0.4, -0.2) is 11.6 Å². The van der Waals surface area contributed by atoms with Crippen molar-refractivity contribution >= 4 is 33.9 Å². The maximum atomic E-state index is 6.12. The number of halogens is 2. The van der Waals surface area contributed by atoms with Gasteiger partial charge in [-0.2, -0.15) is 0 Å². The molecule has 5 heteroatoms. The van der Waals surface area contributed by atoms with Gasteiger partial charge < -0.3 is 22.5 Å². The fourth-order valence-corrected chi connectivity index (χ4v) is 2.56. The molecule has 3 nitrogen and oxygen atoms in total. The molecular formula is C18H17Cl2N2O-. The van der Waals surface area contributed by atoms with E-state index in [4.69, 9.17) is 16.3 Å². The zero-order valence-electron chi connectivity index (χ0n) is 12.9. The van der Waals surface area contributed by atoms with Crippen molar-refractivity contribution in [2.24, 2.45) is 0 Å². The average molecular weight is 348 g/mol. The lowest BCUT2D eigenvalue weighted by Crippen LogP contribution is -3.00. The summed E-state index contributed by atoms with van der Waals surface area (Å²) < 4.78 is 5.46. The SMILES string of the molecule is CCOc1ccc(Nc2cc(C)nc3ccc(Cl)cc23)cc1.[Cl-]. The van der Waals surface area contributed by atoms with E-state index < -0.39 is 0 Å². The number of aromatic nitrogens is 1. The van der Waals surface area contributed by atoms with Crippen LogP contribution in [0.15, 0.2) is 48.5 Å². The first-order valence-electron chi connectivity index (χ1n) is 7.22. The number of pyridine rings is 1. The van der Waals surface area contributed by atoms with Gasteiger partial charge >= 0.3 is 0 Å². The molecule has 2 aromatic carbocycles. The molecule has 0 saturated heterocycles. The highest BCUT2D eigenvalue weighted by Crippen LogP contribution is 2.29. The lowest BCUT2D eigenvalue weighted by atomic mass is 10.1. The molecule has 0 spiro atoms. The second-order valence-electron chi connectivity index (χ2n) is 5.06. The highest BCUT2D eigenvalue weighted by atomic mass is 35.5.